The van der Waals surface area contributed by atoms with Crippen LogP contribution in [-0.2, 0) is 4.74 Å². The molecule has 5 nitrogen and oxygen atoms in total. The molecule has 19 heavy (non-hydrogen) atoms. The third kappa shape index (κ3) is 3.21. The van der Waals surface area contributed by atoms with Crippen LogP contribution in [0.4, 0.5) is 5.82 Å². The Kier molecular flexibility index (Phi) is 4.01. The van der Waals surface area contributed by atoms with Crippen molar-refractivity contribution in [2.75, 3.05) is 18.5 Å². The van der Waals surface area contributed by atoms with E-state index in [1.165, 1.54) is 6.20 Å². The second-order valence-corrected chi connectivity index (χ2v) is 5.95. The highest BCUT2D eigenvalue weighted by molar-refractivity contribution is 5.46. The van der Waals surface area contributed by atoms with Gasteiger partial charge in [-0.05, 0) is 11.8 Å². The summed E-state index contributed by atoms with van der Waals surface area (Å²) in [5, 5.41) is 12.2. The Morgan fingerprint density at radius 2 is 2.16 bits per heavy atom. The van der Waals surface area contributed by atoms with Crippen molar-refractivity contribution in [3.8, 4) is 6.07 Å². The minimum Gasteiger partial charge on any atom is -0.377 e. The average Bonchev–Trinajstić information content (AvgIpc) is 2.85. The van der Waals surface area contributed by atoms with E-state index in [2.05, 4.69) is 36.1 Å². The fourth-order valence-corrected chi connectivity index (χ4v) is 2.58. The van der Waals surface area contributed by atoms with Gasteiger partial charge in [0.05, 0.1) is 6.10 Å². The summed E-state index contributed by atoms with van der Waals surface area (Å²) >= 11 is 0. The normalized spacial score (nSPS) is 23.1. The zero-order valence-electron chi connectivity index (χ0n) is 11.7. The van der Waals surface area contributed by atoms with Gasteiger partial charge in [-0.1, -0.05) is 20.8 Å². The topological polar surface area (TPSA) is 70.8 Å². The molecule has 0 saturated carbocycles. The van der Waals surface area contributed by atoms with E-state index in [-0.39, 0.29) is 11.5 Å². The lowest BCUT2D eigenvalue weighted by Gasteiger charge is -2.31. The van der Waals surface area contributed by atoms with E-state index in [1.807, 2.05) is 6.07 Å². The number of hydrogen-bond acceptors (Lipinski definition) is 5. The molecule has 1 fully saturated rings. The molecule has 2 atom stereocenters. The van der Waals surface area contributed by atoms with Crippen LogP contribution in [0.5, 0.6) is 0 Å². The van der Waals surface area contributed by atoms with E-state index in [4.69, 9.17) is 10.00 Å². The highest BCUT2D eigenvalue weighted by atomic mass is 16.5. The Bertz CT molecular complexity index is 475. The van der Waals surface area contributed by atoms with Gasteiger partial charge in [0.15, 0.2) is 11.5 Å². The molecule has 102 valence electrons. The highest BCUT2D eigenvalue weighted by Crippen LogP contribution is 2.34. The molecule has 1 saturated heterocycles. The first-order valence-corrected chi connectivity index (χ1v) is 6.59. The molecular weight excluding hydrogens is 240 g/mol. The lowest BCUT2D eigenvalue weighted by Crippen LogP contribution is -2.35. The monoisotopic (exact) mass is 260 g/mol. The van der Waals surface area contributed by atoms with E-state index in [9.17, 15) is 0 Å². The van der Waals surface area contributed by atoms with Gasteiger partial charge in [-0.3, -0.25) is 0 Å². The van der Waals surface area contributed by atoms with Gasteiger partial charge in [0.1, 0.15) is 6.07 Å². The van der Waals surface area contributed by atoms with Crippen LogP contribution in [0.1, 0.15) is 32.9 Å². The lowest BCUT2D eigenvalue weighted by molar-refractivity contribution is 0.00956. The van der Waals surface area contributed by atoms with Crippen molar-refractivity contribution in [2.45, 2.75) is 33.3 Å². The number of anilines is 1. The van der Waals surface area contributed by atoms with Crippen LogP contribution in [0.25, 0.3) is 0 Å². The van der Waals surface area contributed by atoms with Crippen LogP contribution in [0, 0.1) is 22.7 Å². The van der Waals surface area contributed by atoms with E-state index in [1.54, 1.807) is 6.20 Å². The molecular formula is C14H20N4O. The first-order chi connectivity index (χ1) is 9.02. The number of nitrogens with zero attached hydrogens (tertiary/aromatic N) is 3. The molecule has 1 aromatic rings. The molecule has 1 aromatic heterocycles. The Morgan fingerprint density at radius 3 is 2.84 bits per heavy atom. The number of hydrogen-bond donors (Lipinski definition) is 1. The van der Waals surface area contributed by atoms with Gasteiger partial charge in [0.25, 0.3) is 0 Å². The molecule has 0 radical (unpaired) electrons. The van der Waals surface area contributed by atoms with Gasteiger partial charge in [-0.25, -0.2) is 9.97 Å². The van der Waals surface area contributed by atoms with Gasteiger partial charge in [-0.2, -0.15) is 5.26 Å². The number of ether oxygens (including phenoxy) is 1. The smallest absolute Gasteiger partial charge is 0.182 e. The van der Waals surface area contributed by atoms with Crippen molar-refractivity contribution in [1.29, 1.82) is 5.26 Å². The van der Waals surface area contributed by atoms with Crippen LogP contribution in [-0.4, -0.2) is 29.2 Å². The minimum atomic E-state index is 0.128. The third-order valence-electron chi connectivity index (χ3n) is 3.40. The maximum absolute atomic E-state index is 8.97. The van der Waals surface area contributed by atoms with Crippen molar-refractivity contribution >= 4 is 5.82 Å². The quantitative estimate of drug-likeness (QED) is 0.902. The van der Waals surface area contributed by atoms with Crippen LogP contribution in [0.3, 0.4) is 0 Å². The summed E-state index contributed by atoms with van der Waals surface area (Å²) < 4.78 is 5.83. The summed E-state index contributed by atoms with van der Waals surface area (Å²) in [7, 11) is 0. The fourth-order valence-electron chi connectivity index (χ4n) is 2.58. The van der Waals surface area contributed by atoms with Crippen molar-refractivity contribution in [3.63, 3.8) is 0 Å². The summed E-state index contributed by atoms with van der Waals surface area (Å²) in [6.45, 7) is 8.15. The molecule has 0 spiro atoms. The standard InChI is InChI=1S/C14H20N4O/c1-14(2,3)12-10(4-7-19-12)9-18-13-11(8-15)16-5-6-17-13/h5-6,10,12H,4,7,9H2,1-3H3,(H,17,18)/t10-,12+/m1/s1. The first kappa shape index (κ1) is 13.8. The maximum Gasteiger partial charge on any atom is 0.182 e. The molecule has 0 amide bonds. The minimum absolute atomic E-state index is 0.128. The summed E-state index contributed by atoms with van der Waals surface area (Å²) in [6.07, 6.45) is 4.40. The zero-order chi connectivity index (χ0) is 13.9. The highest BCUT2D eigenvalue weighted by Gasteiger charge is 2.37. The molecule has 1 aliphatic rings. The average molecular weight is 260 g/mol. The Balaban J connectivity index is 2.01. The van der Waals surface area contributed by atoms with E-state index in [0.29, 0.717) is 17.4 Å². The van der Waals surface area contributed by atoms with Crippen molar-refractivity contribution < 1.29 is 4.74 Å². The molecule has 0 unspecified atom stereocenters. The van der Waals surface area contributed by atoms with Crippen LogP contribution >= 0.6 is 0 Å². The predicted molar refractivity (Wildman–Crippen MR) is 72.5 cm³/mol. The summed E-state index contributed by atoms with van der Waals surface area (Å²) in [5.41, 5.74) is 0.470. The zero-order valence-corrected chi connectivity index (χ0v) is 11.7. The SMILES string of the molecule is CC(C)(C)[C@H]1OCC[C@@H]1CNc1nccnc1C#N. The van der Waals surface area contributed by atoms with Gasteiger partial charge in [-0.15, -0.1) is 0 Å². The Morgan fingerprint density at radius 1 is 1.42 bits per heavy atom. The molecule has 0 aromatic carbocycles. The van der Waals surface area contributed by atoms with E-state index < -0.39 is 0 Å². The fraction of sp³-hybridized carbons (Fsp3) is 0.643. The van der Waals surface area contributed by atoms with Crippen molar-refractivity contribution in [1.82, 2.24) is 9.97 Å². The molecule has 2 rings (SSSR count). The molecule has 2 heterocycles. The summed E-state index contributed by atoms with van der Waals surface area (Å²) in [6, 6.07) is 2.05. The largest absolute Gasteiger partial charge is 0.377 e. The maximum atomic E-state index is 8.97. The lowest BCUT2D eigenvalue weighted by atomic mass is 9.81. The van der Waals surface area contributed by atoms with Crippen molar-refractivity contribution in [2.24, 2.45) is 11.3 Å². The first-order valence-electron chi connectivity index (χ1n) is 6.59. The second-order valence-electron chi connectivity index (χ2n) is 5.95. The molecule has 5 heteroatoms. The van der Waals surface area contributed by atoms with Crippen LogP contribution < -0.4 is 5.32 Å². The molecule has 1 N–H and O–H groups in total. The number of nitriles is 1. The van der Waals surface area contributed by atoms with E-state index >= 15 is 0 Å². The van der Waals surface area contributed by atoms with Crippen LogP contribution in [0.15, 0.2) is 12.4 Å². The number of aromatic nitrogens is 2. The van der Waals surface area contributed by atoms with Gasteiger partial charge in [0.2, 0.25) is 0 Å². The third-order valence-corrected chi connectivity index (χ3v) is 3.40. The van der Waals surface area contributed by atoms with Crippen molar-refractivity contribution in [3.05, 3.63) is 18.1 Å². The Labute approximate surface area is 114 Å². The summed E-state index contributed by atoms with van der Waals surface area (Å²) in [4.78, 5) is 8.15. The van der Waals surface area contributed by atoms with Crippen LogP contribution in [0.2, 0.25) is 0 Å². The number of nitrogens with one attached hydrogen (secondary N) is 1. The molecule has 0 bridgehead atoms. The number of rotatable bonds is 3. The summed E-state index contributed by atoms with van der Waals surface area (Å²) in [5.74, 6) is 0.998. The van der Waals surface area contributed by atoms with Gasteiger partial charge in [0, 0.05) is 31.5 Å². The van der Waals surface area contributed by atoms with Gasteiger partial charge < -0.3 is 10.1 Å². The van der Waals surface area contributed by atoms with E-state index in [0.717, 1.165) is 19.6 Å². The molecule has 0 aliphatic carbocycles. The second kappa shape index (κ2) is 5.54. The predicted octanol–water partition coefficient (Wildman–Crippen LogP) is 2.21. The van der Waals surface area contributed by atoms with Gasteiger partial charge >= 0.3 is 0 Å². The molecule has 1 aliphatic heterocycles. The Hall–Kier alpha value is -1.67.